The van der Waals surface area contributed by atoms with E-state index >= 15 is 4.39 Å². The molecule has 2 aliphatic rings. The molecule has 4 N–H and O–H groups in total. The SMILES string of the molecule is Cc1c(N2CC(C(C)N)C(C)(C)C2)c(F)cc2c(=O)n(N)c(=O)n(C3CC3)c12.Cl. The summed E-state index contributed by atoms with van der Waals surface area (Å²) in [4.78, 5) is 27.2. The van der Waals surface area contributed by atoms with E-state index in [0.29, 0.717) is 34.5 Å². The molecular weight excluding hydrogens is 397 g/mol. The van der Waals surface area contributed by atoms with Gasteiger partial charge in [0, 0.05) is 30.7 Å². The van der Waals surface area contributed by atoms with Crippen molar-refractivity contribution in [1.29, 1.82) is 0 Å². The van der Waals surface area contributed by atoms with Gasteiger partial charge in [0.15, 0.2) is 0 Å². The van der Waals surface area contributed by atoms with Crippen molar-refractivity contribution in [3.63, 3.8) is 0 Å². The van der Waals surface area contributed by atoms with Crippen molar-refractivity contribution in [2.24, 2.45) is 17.1 Å². The molecule has 1 saturated carbocycles. The molecule has 1 aromatic carbocycles. The lowest BCUT2D eigenvalue weighted by Gasteiger charge is -2.28. The number of benzene rings is 1. The molecule has 2 aromatic rings. The van der Waals surface area contributed by atoms with Gasteiger partial charge >= 0.3 is 5.69 Å². The van der Waals surface area contributed by atoms with Gasteiger partial charge in [-0.05, 0) is 44.1 Å². The van der Waals surface area contributed by atoms with Crippen LogP contribution >= 0.6 is 12.4 Å². The van der Waals surface area contributed by atoms with Gasteiger partial charge in [0.25, 0.3) is 5.56 Å². The molecule has 2 fully saturated rings. The second kappa shape index (κ2) is 7.02. The fraction of sp³-hybridized carbons (Fsp3) is 0.600. The number of nitrogen functional groups attached to an aromatic ring is 1. The summed E-state index contributed by atoms with van der Waals surface area (Å²) in [6.45, 7) is 9.34. The van der Waals surface area contributed by atoms with Crippen molar-refractivity contribution in [2.75, 3.05) is 23.8 Å². The number of nitrogens with zero attached hydrogens (tertiary/aromatic N) is 3. The lowest BCUT2D eigenvalue weighted by atomic mass is 9.78. The molecule has 0 bridgehead atoms. The van der Waals surface area contributed by atoms with Crippen molar-refractivity contribution >= 4 is 29.0 Å². The van der Waals surface area contributed by atoms with Gasteiger partial charge in [0.2, 0.25) is 0 Å². The van der Waals surface area contributed by atoms with Crippen molar-refractivity contribution in [2.45, 2.75) is 52.6 Å². The van der Waals surface area contributed by atoms with Gasteiger partial charge in [-0.3, -0.25) is 9.36 Å². The van der Waals surface area contributed by atoms with E-state index in [-0.39, 0.29) is 41.2 Å². The first-order valence-electron chi connectivity index (χ1n) is 9.80. The van der Waals surface area contributed by atoms with Crippen LogP contribution in [0.25, 0.3) is 10.9 Å². The van der Waals surface area contributed by atoms with E-state index in [1.165, 1.54) is 6.07 Å². The van der Waals surface area contributed by atoms with Crippen molar-refractivity contribution < 1.29 is 4.39 Å². The number of hydrogen-bond donors (Lipinski definition) is 2. The first-order chi connectivity index (χ1) is 13.0. The molecule has 1 saturated heterocycles. The highest BCUT2D eigenvalue weighted by molar-refractivity contribution is 5.87. The maximum atomic E-state index is 15.2. The van der Waals surface area contributed by atoms with Crippen LogP contribution in [-0.4, -0.2) is 28.4 Å². The van der Waals surface area contributed by atoms with Crippen LogP contribution in [0.3, 0.4) is 0 Å². The monoisotopic (exact) mass is 425 g/mol. The zero-order valence-corrected chi connectivity index (χ0v) is 18.1. The lowest BCUT2D eigenvalue weighted by Crippen LogP contribution is -2.44. The van der Waals surface area contributed by atoms with Crippen LogP contribution in [-0.2, 0) is 0 Å². The predicted molar refractivity (Wildman–Crippen MR) is 116 cm³/mol. The Hall–Kier alpha value is -2.06. The van der Waals surface area contributed by atoms with Gasteiger partial charge in [0.1, 0.15) is 5.82 Å². The molecule has 0 amide bonds. The Balaban J connectivity index is 0.00000240. The molecule has 2 atom stereocenters. The number of hydrogen-bond acceptors (Lipinski definition) is 5. The Morgan fingerprint density at radius 1 is 1.28 bits per heavy atom. The first-order valence-corrected chi connectivity index (χ1v) is 9.80. The topological polar surface area (TPSA) is 99.3 Å². The average molecular weight is 426 g/mol. The third-order valence-electron chi connectivity index (χ3n) is 6.45. The minimum atomic E-state index is -0.666. The molecule has 0 radical (unpaired) electrons. The number of nitrogens with two attached hydrogens (primary N) is 2. The molecule has 4 rings (SSSR count). The third kappa shape index (κ3) is 3.22. The second-order valence-corrected chi connectivity index (χ2v) is 9.12. The van der Waals surface area contributed by atoms with Crippen LogP contribution in [0.4, 0.5) is 10.1 Å². The minimum Gasteiger partial charge on any atom is -0.368 e. The highest BCUT2D eigenvalue weighted by Crippen LogP contribution is 2.43. The van der Waals surface area contributed by atoms with Crippen LogP contribution in [0.5, 0.6) is 0 Å². The van der Waals surface area contributed by atoms with E-state index in [1.807, 2.05) is 11.8 Å². The maximum absolute atomic E-state index is 15.2. The highest BCUT2D eigenvalue weighted by Gasteiger charge is 2.42. The van der Waals surface area contributed by atoms with E-state index in [4.69, 9.17) is 11.6 Å². The van der Waals surface area contributed by atoms with E-state index in [0.717, 1.165) is 12.8 Å². The molecule has 1 aliphatic carbocycles. The molecule has 1 aromatic heterocycles. The van der Waals surface area contributed by atoms with Gasteiger partial charge in [0.05, 0.1) is 16.6 Å². The van der Waals surface area contributed by atoms with Crippen LogP contribution in [0, 0.1) is 24.1 Å². The molecular formula is C20H29ClFN5O2. The lowest BCUT2D eigenvalue weighted by molar-refractivity contribution is 0.256. The fourth-order valence-corrected chi connectivity index (χ4v) is 4.92. The molecule has 9 heteroatoms. The van der Waals surface area contributed by atoms with E-state index in [9.17, 15) is 9.59 Å². The number of halogens is 2. The van der Waals surface area contributed by atoms with Gasteiger partial charge in [-0.1, -0.05) is 13.8 Å². The van der Waals surface area contributed by atoms with Gasteiger partial charge in [-0.2, -0.15) is 4.68 Å². The summed E-state index contributed by atoms with van der Waals surface area (Å²) in [5, 5.41) is 0.148. The number of aromatic nitrogens is 2. The summed E-state index contributed by atoms with van der Waals surface area (Å²) >= 11 is 0. The van der Waals surface area contributed by atoms with E-state index < -0.39 is 17.1 Å². The molecule has 2 heterocycles. The van der Waals surface area contributed by atoms with Crippen LogP contribution in [0.15, 0.2) is 15.7 Å². The zero-order valence-electron chi connectivity index (χ0n) is 17.2. The molecule has 0 spiro atoms. The smallest absolute Gasteiger partial charge is 0.350 e. The molecule has 1 aliphatic heterocycles. The third-order valence-corrected chi connectivity index (χ3v) is 6.45. The van der Waals surface area contributed by atoms with Crippen LogP contribution in [0.2, 0.25) is 0 Å². The fourth-order valence-electron chi connectivity index (χ4n) is 4.92. The standard InChI is InChI=1S/C20H28FN5O2.ClH/c1-10-16-13(18(27)26(23)19(28)25(16)12-5-6-12)7-15(21)17(10)24-8-14(11(2)22)20(3,4)9-24;/h7,11-12,14H,5-6,8-9,22-23H2,1-4H3;1H. The predicted octanol–water partition coefficient (Wildman–Crippen LogP) is 1.89. The van der Waals surface area contributed by atoms with Gasteiger partial charge in [-0.25, -0.2) is 9.18 Å². The zero-order chi connectivity index (χ0) is 20.5. The van der Waals surface area contributed by atoms with Gasteiger partial charge in [-0.15, -0.1) is 12.4 Å². The first kappa shape index (κ1) is 21.6. The summed E-state index contributed by atoms with van der Waals surface area (Å²) in [5.41, 5.74) is 6.46. The number of fused-ring (bicyclic) bond motifs is 1. The van der Waals surface area contributed by atoms with Crippen molar-refractivity contribution in [3.05, 3.63) is 38.3 Å². The Morgan fingerprint density at radius 2 is 1.90 bits per heavy atom. The van der Waals surface area contributed by atoms with E-state index in [2.05, 4.69) is 13.8 Å². The Labute approximate surface area is 174 Å². The van der Waals surface area contributed by atoms with E-state index in [1.54, 1.807) is 11.5 Å². The largest absolute Gasteiger partial charge is 0.368 e. The Bertz CT molecular complexity index is 1090. The normalized spacial score (nSPS) is 22.0. The molecule has 160 valence electrons. The summed E-state index contributed by atoms with van der Waals surface area (Å²) in [7, 11) is 0. The van der Waals surface area contributed by atoms with Crippen LogP contribution < -0.4 is 27.7 Å². The quantitative estimate of drug-likeness (QED) is 0.731. The number of aryl methyl sites for hydroxylation is 1. The van der Waals surface area contributed by atoms with Crippen LogP contribution in [0.1, 0.15) is 45.2 Å². The highest BCUT2D eigenvalue weighted by atomic mass is 35.5. The molecule has 7 nitrogen and oxygen atoms in total. The minimum absolute atomic E-state index is 0. The number of rotatable bonds is 3. The maximum Gasteiger partial charge on any atom is 0.350 e. The Kier molecular flexibility index (Phi) is 5.24. The summed E-state index contributed by atoms with van der Waals surface area (Å²) in [6.07, 6.45) is 1.70. The van der Waals surface area contributed by atoms with Crippen molar-refractivity contribution in [3.8, 4) is 0 Å². The van der Waals surface area contributed by atoms with Gasteiger partial charge < -0.3 is 16.5 Å². The van der Waals surface area contributed by atoms with Crippen molar-refractivity contribution in [1.82, 2.24) is 9.24 Å². The molecule has 29 heavy (non-hydrogen) atoms. The number of anilines is 1. The summed E-state index contributed by atoms with van der Waals surface area (Å²) in [6, 6.07) is 1.22. The summed E-state index contributed by atoms with van der Waals surface area (Å²) in [5.74, 6) is 5.43. The second-order valence-electron chi connectivity index (χ2n) is 9.12. The summed E-state index contributed by atoms with van der Waals surface area (Å²) < 4.78 is 17.4. The molecule has 2 unspecified atom stereocenters. The average Bonchev–Trinajstić information content (AvgIpc) is 3.37. The Morgan fingerprint density at radius 3 is 2.41 bits per heavy atom.